The summed E-state index contributed by atoms with van der Waals surface area (Å²) in [6, 6.07) is 5.67. The molecule has 9 heteroatoms. The number of ether oxygens (including phenoxy) is 1. The van der Waals surface area contributed by atoms with Crippen LogP contribution in [0.1, 0.15) is 12.5 Å². The molecule has 1 saturated heterocycles. The lowest BCUT2D eigenvalue weighted by Crippen LogP contribution is -2.27. The second kappa shape index (κ2) is 8.78. The Balaban J connectivity index is 1.19. The average molecular weight is 471 g/mol. The molecule has 3 atom stereocenters. The summed E-state index contributed by atoms with van der Waals surface area (Å²) in [4.78, 5) is 15.8. The minimum atomic E-state index is -1.16. The third kappa shape index (κ3) is 4.34. The lowest BCUT2D eigenvalue weighted by atomic mass is 10.1. The SMILES string of the molecule is CCc1cnc(N2CC3C(COc4c(F)cc(-c5ccc(S(C)=O)cn5)cc4F)C3C2)nc1. The number of aromatic nitrogens is 3. The van der Waals surface area contributed by atoms with Gasteiger partial charge in [0.2, 0.25) is 5.95 Å². The molecule has 2 aliphatic rings. The molecule has 172 valence electrons. The summed E-state index contributed by atoms with van der Waals surface area (Å²) in [6.07, 6.45) is 7.62. The summed E-state index contributed by atoms with van der Waals surface area (Å²) < 4.78 is 46.4. The van der Waals surface area contributed by atoms with Crippen molar-refractivity contribution in [1.29, 1.82) is 0 Å². The Hall–Kier alpha value is -2.94. The molecule has 0 amide bonds. The largest absolute Gasteiger partial charge is 0.487 e. The van der Waals surface area contributed by atoms with Crippen LogP contribution in [0, 0.1) is 29.4 Å². The van der Waals surface area contributed by atoms with Gasteiger partial charge >= 0.3 is 0 Å². The molecule has 0 bridgehead atoms. The quantitative estimate of drug-likeness (QED) is 0.522. The van der Waals surface area contributed by atoms with Crippen LogP contribution in [0.3, 0.4) is 0 Å². The van der Waals surface area contributed by atoms with Gasteiger partial charge in [0.1, 0.15) is 0 Å². The Morgan fingerprint density at radius 3 is 2.27 bits per heavy atom. The van der Waals surface area contributed by atoms with Crippen molar-refractivity contribution in [1.82, 2.24) is 15.0 Å². The fraction of sp³-hybridized carbons (Fsp3) is 0.375. The maximum absolute atomic E-state index is 14.6. The average Bonchev–Trinajstić information content (AvgIpc) is 3.26. The van der Waals surface area contributed by atoms with E-state index >= 15 is 0 Å². The van der Waals surface area contributed by atoms with Gasteiger partial charge in [-0.15, -0.1) is 0 Å². The molecular weight excluding hydrogens is 446 g/mol. The van der Waals surface area contributed by atoms with Crippen LogP contribution in [0.4, 0.5) is 14.7 Å². The Morgan fingerprint density at radius 1 is 1.06 bits per heavy atom. The van der Waals surface area contributed by atoms with E-state index in [-0.39, 0.29) is 18.3 Å². The van der Waals surface area contributed by atoms with Gasteiger partial charge < -0.3 is 9.64 Å². The number of anilines is 1. The van der Waals surface area contributed by atoms with Crippen molar-refractivity contribution >= 4 is 16.7 Å². The van der Waals surface area contributed by atoms with E-state index < -0.39 is 22.4 Å². The van der Waals surface area contributed by atoms with Gasteiger partial charge in [0, 0.05) is 49.4 Å². The molecule has 33 heavy (non-hydrogen) atoms. The number of rotatable bonds is 7. The van der Waals surface area contributed by atoms with Crippen molar-refractivity contribution in [3.8, 4) is 17.0 Å². The van der Waals surface area contributed by atoms with Crippen LogP contribution in [-0.2, 0) is 17.2 Å². The first kappa shape index (κ1) is 21.9. The predicted octanol–water partition coefficient (Wildman–Crippen LogP) is 3.88. The zero-order valence-corrected chi connectivity index (χ0v) is 19.2. The fourth-order valence-corrected chi connectivity index (χ4v) is 4.96. The molecule has 0 N–H and O–H groups in total. The first-order chi connectivity index (χ1) is 15.9. The number of hydrogen-bond acceptors (Lipinski definition) is 6. The summed E-state index contributed by atoms with van der Waals surface area (Å²) in [6.45, 7) is 4.01. The molecule has 1 aliphatic heterocycles. The predicted molar refractivity (Wildman–Crippen MR) is 122 cm³/mol. The van der Waals surface area contributed by atoms with E-state index in [9.17, 15) is 13.0 Å². The molecule has 1 aromatic carbocycles. The van der Waals surface area contributed by atoms with E-state index in [2.05, 4.69) is 26.8 Å². The Labute approximate surface area is 193 Å². The minimum absolute atomic E-state index is 0.277. The molecule has 3 unspecified atom stereocenters. The van der Waals surface area contributed by atoms with Crippen molar-refractivity contribution in [2.24, 2.45) is 17.8 Å². The highest BCUT2D eigenvalue weighted by Gasteiger charge is 2.56. The molecule has 5 rings (SSSR count). The van der Waals surface area contributed by atoms with E-state index in [1.165, 1.54) is 18.3 Å². The second-order valence-electron chi connectivity index (χ2n) is 8.55. The molecule has 2 fully saturated rings. The van der Waals surface area contributed by atoms with Gasteiger partial charge in [0.05, 0.1) is 28.0 Å². The van der Waals surface area contributed by atoms with Gasteiger partial charge in [-0.2, -0.15) is 0 Å². The van der Waals surface area contributed by atoms with Crippen molar-refractivity contribution in [3.05, 3.63) is 60.1 Å². The van der Waals surface area contributed by atoms with E-state index in [0.29, 0.717) is 28.0 Å². The molecule has 0 radical (unpaired) electrons. The van der Waals surface area contributed by atoms with Crippen LogP contribution in [0.2, 0.25) is 0 Å². The number of fused-ring (bicyclic) bond motifs is 1. The summed E-state index contributed by atoms with van der Waals surface area (Å²) in [5, 5.41) is 0. The fourth-order valence-electron chi connectivity index (χ4n) is 4.50. The first-order valence-electron chi connectivity index (χ1n) is 10.9. The number of halogens is 2. The summed E-state index contributed by atoms with van der Waals surface area (Å²) in [5.74, 6) is -0.00497. The van der Waals surface area contributed by atoms with Gasteiger partial charge in [0.15, 0.2) is 17.4 Å². The summed E-state index contributed by atoms with van der Waals surface area (Å²) in [7, 11) is -1.16. The number of nitrogens with zero attached hydrogens (tertiary/aromatic N) is 4. The van der Waals surface area contributed by atoms with Crippen LogP contribution in [-0.4, -0.2) is 45.1 Å². The smallest absolute Gasteiger partial charge is 0.225 e. The van der Waals surface area contributed by atoms with Gasteiger partial charge in [-0.05, 0) is 48.1 Å². The highest BCUT2D eigenvalue weighted by atomic mass is 32.2. The Morgan fingerprint density at radius 2 is 1.73 bits per heavy atom. The van der Waals surface area contributed by atoms with Crippen molar-refractivity contribution in [2.45, 2.75) is 18.2 Å². The van der Waals surface area contributed by atoms with E-state index in [4.69, 9.17) is 4.74 Å². The van der Waals surface area contributed by atoms with Crippen LogP contribution in [0.25, 0.3) is 11.3 Å². The van der Waals surface area contributed by atoms with Crippen LogP contribution in [0.15, 0.2) is 47.8 Å². The highest BCUT2D eigenvalue weighted by molar-refractivity contribution is 7.84. The number of piperidine rings is 1. The van der Waals surface area contributed by atoms with Crippen molar-refractivity contribution in [3.63, 3.8) is 0 Å². The number of pyridine rings is 1. The zero-order valence-electron chi connectivity index (χ0n) is 18.4. The number of aryl methyl sites for hydroxylation is 1. The maximum atomic E-state index is 14.6. The van der Waals surface area contributed by atoms with Gasteiger partial charge in [-0.25, -0.2) is 18.7 Å². The van der Waals surface area contributed by atoms with Crippen LogP contribution < -0.4 is 9.64 Å². The molecule has 6 nitrogen and oxygen atoms in total. The lowest BCUT2D eigenvalue weighted by molar-refractivity contribution is 0.257. The number of hydrogen-bond donors (Lipinski definition) is 0. The van der Waals surface area contributed by atoms with E-state index in [1.54, 1.807) is 18.4 Å². The molecule has 1 saturated carbocycles. The first-order valence-corrected chi connectivity index (χ1v) is 12.5. The maximum Gasteiger partial charge on any atom is 0.225 e. The van der Waals surface area contributed by atoms with Crippen molar-refractivity contribution < 1.29 is 17.7 Å². The Kier molecular flexibility index (Phi) is 5.82. The molecule has 2 aromatic heterocycles. The molecular formula is C24H24F2N4O2S. The lowest BCUT2D eigenvalue weighted by Gasteiger charge is -2.20. The second-order valence-corrected chi connectivity index (χ2v) is 9.93. The highest BCUT2D eigenvalue weighted by Crippen LogP contribution is 2.52. The van der Waals surface area contributed by atoms with Crippen LogP contribution in [0.5, 0.6) is 5.75 Å². The minimum Gasteiger partial charge on any atom is -0.487 e. The molecule has 0 spiro atoms. The van der Waals surface area contributed by atoms with Gasteiger partial charge in [-0.1, -0.05) is 6.92 Å². The monoisotopic (exact) mass is 470 g/mol. The summed E-state index contributed by atoms with van der Waals surface area (Å²) >= 11 is 0. The topological polar surface area (TPSA) is 68.2 Å². The zero-order chi connectivity index (χ0) is 23.1. The number of benzene rings is 1. The van der Waals surface area contributed by atoms with Gasteiger partial charge in [-0.3, -0.25) is 9.19 Å². The van der Waals surface area contributed by atoms with Crippen LogP contribution >= 0.6 is 0 Å². The third-order valence-electron chi connectivity index (χ3n) is 6.54. The molecule has 1 aliphatic carbocycles. The summed E-state index contributed by atoms with van der Waals surface area (Å²) in [5.41, 5.74) is 1.81. The molecule has 3 aromatic rings. The third-order valence-corrected chi connectivity index (χ3v) is 7.44. The van der Waals surface area contributed by atoms with E-state index in [0.717, 1.165) is 31.0 Å². The standard InChI is InChI=1S/C24H24F2N4O2S/c1-3-14-8-28-24(29-9-14)30-11-17-18(12-30)19(17)13-32-23-20(25)6-15(7-21(23)26)22-5-4-16(10-27-22)33(2)31/h4-10,17-19H,3,11-13H2,1-2H3. The molecule has 3 heterocycles. The Bertz CT molecular complexity index is 1160. The van der Waals surface area contributed by atoms with Gasteiger partial charge in [0.25, 0.3) is 0 Å². The normalized spacial score (nSPS) is 22.2. The van der Waals surface area contributed by atoms with E-state index in [1.807, 2.05) is 12.4 Å². The van der Waals surface area contributed by atoms with Crippen molar-refractivity contribution in [2.75, 3.05) is 30.9 Å².